The number of aromatic nitrogens is 1. The predicted octanol–water partition coefficient (Wildman–Crippen LogP) is 12.8. The van der Waals surface area contributed by atoms with Crippen molar-refractivity contribution in [2.75, 3.05) is 0 Å². The van der Waals surface area contributed by atoms with Crippen molar-refractivity contribution in [2.45, 2.75) is 74.1 Å². The third kappa shape index (κ3) is 7.18. The number of ketones is 1. The third-order valence-electron chi connectivity index (χ3n) is 10.1. The molecule has 265 valence electrons. The van der Waals surface area contributed by atoms with Gasteiger partial charge in [-0.1, -0.05) is 70.2 Å². The molecule has 0 aliphatic rings. The van der Waals surface area contributed by atoms with E-state index in [2.05, 4.69) is 80.4 Å². The summed E-state index contributed by atoms with van der Waals surface area (Å²) in [4.78, 5) is 16.4. The predicted molar refractivity (Wildman–Crippen MR) is 207 cm³/mol. The van der Waals surface area contributed by atoms with Crippen LogP contribution in [-0.4, -0.2) is 15.9 Å². The fourth-order valence-corrected chi connectivity index (χ4v) is 7.16. The maximum atomic E-state index is 11.7. The van der Waals surface area contributed by atoms with E-state index in [0.29, 0.717) is 0 Å². The van der Waals surface area contributed by atoms with Crippen molar-refractivity contribution < 1.29 is 38.8 Å². The molecule has 0 bridgehead atoms. The smallest absolute Gasteiger partial charge is 0.162 e. The Hall–Kier alpha value is -4.51. The van der Waals surface area contributed by atoms with Crippen LogP contribution >= 0.6 is 0 Å². The van der Waals surface area contributed by atoms with Gasteiger partial charge in [-0.2, -0.15) is 0 Å². The van der Waals surface area contributed by atoms with Gasteiger partial charge in [0.25, 0.3) is 0 Å². The zero-order valence-electron chi connectivity index (χ0n) is 30.5. The van der Waals surface area contributed by atoms with E-state index in [1.54, 1.807) is 0 Å². The van der Waals surface area contributed by atoms with Crippen LogP contribution in [0.15, 0.2) is 99.7 Å². The molecule has 0 amide bonds. The number of allylic oxidation sites excluding steroid dienone is 2. The number of fused-ring (bicyclic) bond motifs is 7. The molecular formula is C45H46IrNO4-. The molecule has 3 aromatic heterocycles. The first-order valence-corrected chi connectivity index (χ1v) is 17.9. The summed E-state index contributed by atoms with van der Waals surface area (Å²) in [5.74, 6) is 0.547. The number of rotatable bonds is 9. The fourth-order valence-electron chi connectivity index (χ4n) is 7.16. The molecule has 5 nitrogen and oxygen atoms in total. The first-order valence-electron chi connectivity index (χ1n) is 17.9. The van der Waals surface area contributed by atoms with E-state index >= 15 is 0 Å². The van der Waals surface area contributed by atoms with Gasteiger partial charge < -0.3 is 18.9 Å². The molecular weight excluding hydrogens is 811 g/mol. The molecule has 0 unspecified atom stereocenters. The number of aliphatic hydroxyl groups is 1. The SMILES string of the molecule is CCC(CC)C(=O)/C=C(\O)C(CC)CC.Cc1cccc2c1oc1c2c(-c2ccnc(-c3[c-]cccc3)c2)c(C)c2oc3c(C)cccc3c21.[Ir]. The second-order valence-electron chi connectivity index (χ2n) is 13.2. The maximum Gasteiger partial charge on any atom is 0.162 e. The van der Waals surface area contributed by atoms with Gasteiger partial charge in [0.1, 0.15) is 22.3 Å². The molecule has 0 fully saturated rings. The van der Waals surface area contributed by atoms with Gasteiger partial charge in [0, 0.05) is 65.9 Å². The number of hydrogen-bond donors (Lipinski definition) is 1. The molecule has 0 saturated heterocycles. The van der Waals surface area contributed by atoms with Gasteiger partial charge >= 0.3 is 0 Å². The Labute approximate surface area is 314 Å². The number of para-hydroxylation sites is 2. The average Bonchev–Trinajstić information content (AvgIpc) is 3.71. The van der Waals surface area contributed by atoms with Crippen molar-refractivity contribution in [1.82, 2.24) is 4.98 Å². The summed E-state index contributed by atoms with van der Waals surface area (Å²) in [6.07, 6.45) is 6.78. The largest absolute Gasteiger partial charge is 0.512 e. The molecule has 0 aliphatic carbocycles. The number of carbonyl (C=O) groups is 1. The van der Waals surface area contributed by atoms with Crippen LogP contribution in [-0.2, 0) is 24.9 Å². The maximum absolute atomic E-state index is 11.7. The topological polar surface area (TPSA) is 76.5 Å². The van der Waals surface area contributed by atoms with E-state index in [0.717, 1.165) is 109 Å². The Morgan fingerprint density at radius 3 is 1.96 bits per heavy atom. The van der Waals surface area contributed by atoms with E-state index in [9.17, 15) is 9.90 Å². The van der Waals surface area contributed by atoms with Crippen LogP contribution in [0, 0.1) is 38.7 Å². The number of nitrogens with zero attached hydrogens (tertiary/aromatic N) is 1. The molecule has 0 atom stereocenters. The number of pyridine rings is 1. The summed E-state index contributed by atoms with van der Waals surface area (Å²) in [5, 5.41) is 14.1. The zero-order valence-corrected chi connectivity index (χ0v) is 32.9. The average molecular weight is 857 g/mol. The van der Waals surface area contributed by atoms with Gasteiger partial charge in [-0.15, -0.1) is 35.9 Å². The first kappa shape index (κ1) is 37.7. The molecule has 7 aromatic rings. The molecule has 1 N–H and O–H groups in total. The van der Waals surface area contributed by atoms with Gasteiger partial charge in [-0.3, -0.25) is 4.79 Å². The Bertz CT molecular complexity index is 2340. The summed E-state index contributed by atoms with van der Waals surface area (Å²) < 4.78 is 13.2. The zero-order chi connectivity index (χ0) is 35.5. The van der Waals surface area contributed by atoms with E-state index in [1.165, 1.54) is 6.08 Å². The van der Waals surface area contributed by atoms with Crippen LogP contribution in [0.25, 0.3) is 66.3 Å². The van der Waals surface area contributed by atoms with E-state index in [1.807, 2.05) is 58.2 Å². The summed E-state index contributed by atoms with van der Waals surface area (Å²) in [5.41, 5.74) is 11.0. The van der Waals surface area contributed by atoms with Crippen LogP contribution in [0.1, 0.15) is 70.1 Å². The number of hydrogen-bond acceptors (Lipinski definition) is 5. The normalized spacial score (nSPS) is 11.8. The van der Waals surface area contributed by atoms with Crippen molar-refractivity contribution in [3.8, 4) is 22.4 Å². The quantitative estimate of drug-likeness (QED) is 0.0889. The summed E-state index contributed by atoms with van der Waals surface area (Å²) in [7, 11) is 0. The first-order chi connectivity index (χ1) is 24.2. The van der Waals surface area contributed by atoms with Gasteiger partial charge in [-0.05, 0) is 80.5 Å². The van der Waals surface area contributed by atoms with Crippen molar-refractivity contribution in [3.05, 3.63) is 114 Å². The van der Waals surface area contributed by atoms with Crippen molar-refractivity contribution in [2.24, 2.45) is 11.8 Å². The second-order valence-corrected chi connectivity index (χ2v) is 13.2. The number of benzene rings is 4. The Morgan fingerprint density at radius 2 is 1.37 bits per heavy atom. The molecule has 0 spiro atoms. The van der Waals surface area contributed by atoms with Gasteiger partial charge in [0.05, 0.1) is 11.1 Å². The summed E-state index contributed by atoms with van der Waals surface area (Å²) in [6.45, 7) is 14.4. The van der Waals surface area contributed by atoms with Crippen molar-refractivity contribution >= 4 is 49.7 Å². The molecule has 0 aliphatic heterocycles. The molecule has 0 saturated carbocycles. The van der Waals surface area contributed by atoms with E-state index < -0.39 is 0 Å². The van der Waals surface area contributed by atoms with E-state index in [-0.39, 0.29) is 43.5 Å². The number of furan rings is 2. The van der Waals surface area contributed by atoms with Crippen LogP contribution < -0.4 is 0 Å². The molecule has 51 heavy (non-hydrogen) atoms. The Balaban J connectivity index is 0.000000271. The van der Waals surface area contributed by atoms with Crippen molar-refractivity contribution in [1.29, 1.82) is 0 Å². The fraction of sp³-hybridized carbons (Fsp3) is 0.289. The van der Waals surface area contributed by atoms with Crippen LogP contribution in [0.2, 0.25) is 0 Å². The van der Waals surface area contributed by atoms with Gasteiger partial charge in [0.2, 0.25) is 0 Å². The minimum atomic E-state index is 0. The minimum absolute atomic E-state index is 0. The summed E-state index contributed by atoms with van der Waals surface area (Å²) in [6, 6.07) is 28.1. The Kier molecular flexibility index (Phi) is 12.0. The molecule has 7 rings (SSSR count). The van der Waals surface area contributed by atoms with Crippen LogP contribution in [0.3, 0.4) is 0 Å². The number of carbonyl (C=O) groups excluding carboxylic acids is 1. The van der Waals surface area contributed by atoms with Crippen molar-refractivity contribution in [3.63, 3.8) is 0 Å². The summed E-state index contributed by atoms with van der Waals surface area (Å²) >= 11 is 0. The minimum Gasteiger partial charge on any atom is -0.512 e. The Morgan fingerprint density at radius 1 is 0.765 bits per heavy atom. The van der Waals surface area contributed by atoms with Gasteiger partial charge in [0.15, 0.2) is 5.78 Å². The monoisotopic (exact) mass is 857 g/mol. The number of aliphatic hydroxyl groups excluding tert-OH is 1. The molecule has 1 radical (unpaired) electrons. The molecule has 4 aromatic carbocycles. The van der Waals surface area contributed by atoms with Crippen LogP contribution in [0.5, 0.6) is 0 Å². The molecule has 6 heteroatoms. The standard InChI is InChI=1S/C32H22NO2.C13H24O2.Ir/c1-18-9-7-13-23-27-26(22-15-16-33-25(17-22)21-11-5-4-6-12-21)20(3)31-28(32(27)35-29(18)23)24-14-8-10-19(2)30(24)34-31;1-5-10(6-2)12(14)9-13(15)11(7-3)8-4;/h4-11,13-17H,1-3H3;9-11,14H,5-8H2,1-4H3;/q-1;;/b;12-9-;. The van der Waals surface area contributed by atoms with Crippen LogP contribution in [0.4, 0.5) is 0 Å². The van der Waals surface area contributed by atoms with E-state index in [4.69, 9.17) is 8.83 Å². The van der Waals surface area contributed by atoms with Gasteiger partial charge in [-0.25, -0.2) is 0 Å². The number of aryl methyl sites for hydroxylation is 3. The molecule has 3 heterocycles. The second kappa shape index (κ2) is 16.2. The third-order valence-corrected chi connectivity index (χ3v) is 10.1.